The average molecular weight is 190 g/mol. The molecule has 0 aliphatic carbocycles. The zero-order valence-corrected chi connectivity index (χ0v) is 8.69. The van der Waals surface area contributed by atoms with Gasteiger partial charge in [0.1, 0.15) is 0 Å². The molecule has 0 atom stereocenters. The lowest BCUT2D eigenvalue weighted by Crippen LogP contribution is -2.31. The van der Waals surface area contributed by atoms with Crippen LogP contribution in [-0.4, -0.2) is 20.3 Å². The summed E-state index contributed by atoms with van der Waals surface area (Å²) in [7, 11) is -0.142. The van der Waals surface area contributed by atoms with Crippen molar-refractivity contribution in [1.82, 2.24) is 0 Å². The van der Waals surface area contributed by atoms with E-state index < -0.39 is 0 Å². The fourth-order valence-electron chi connectivity index (χ4n) is 1.59. The van der Waals surface area contributed by atoms with Crippen molar-refractivity contribution in [2.75, 3.05) is 13.2 Å². The predicted octanol–water partition coefficient (Wildman–Crippen LogP) is 1.55. The molecule has 0 radical (unpaired) electrons. The quantitative estimate of drug-likeness (QED) is 0.658. The zero-order valence-electron chi connectivity index (χ0n) is 8.69. The van der Waals surface area contributed by atoms with Gasteiger partial charge >= 0.3 is 7.12 Å². The number of benzene rings is 1. The highest BCUT2D eigenvalue weighted by molar-refractivity contribution is 6.61. The Morgan fingerprint density at radius 2 is 1.64 bits per heavy atom. The molecule has 2 nitrogen and oxygen atoms in total. The Morgan fingerprint density at radius 3 is 2.14 bits per heavy atom. The van der Waals surface area contributed by atoms with Crippen LogP contribution in [0.4, 0.5) is 0 Å². The summed E-state index contributed by atoms with van der Waals surface area (Å²) in [5, 5.41) is 0. The molecule has 0 unspecified atom stereocenters. The third-order valence-corrected chi connectivity index (χ3v) is 2.50. The molecule has 0 amide bonds. The van der Waals surface area contributed by atoms with Crippen LogP contribution in [0.15, 0.2) is 24.3 Å². The molecule has 0 aromatic heterocycles. The molecular formula is C11H15BO2. The van der Waals surface area contributed by atoms with Gasteiger partial charge in [0.2, 0.25) is 0 Å². The molecule has 14 heavy (non-hydrogen) atoms. The van der Waals surface area contributed by atoms with Crippen LogP contribution in [0.1, 0.15) is 25.3 Å². The van der Waals surface area contributed by atoms with Crippen LogP contribution in [0.2, 0.25) is 0 Å². The molecule has 1 aliphatic rings. The van der Waals surface area contributed by atoms with E-state index in [-0.39, 0.29) is 7.12 Å². The molecule has 0 bridgehead atoms. The first kappa shape index (κ1) is 9.75. The van der Waals surface area contributed by atoms with Gasteiger partial charge in [-0.25, -0.2) is 0 Å². The Balaban J connectivity index is 2.12. The third-order valence-electron chi connectivity index (χ3n) is 2.50. The van der Waals surface area contributed by atoms with Crippen molar-refractivity contribution in [1.29, 1.82) is 0 Å². The standard InChI is InChI=1S/C11H15BO2/c1-9(2)10-3-5-11(6-4-10)12-13-7-8-14-12/h3-6,9H,7-8H2,1-2H3. The molecule has 1 aliphatic heterocycles. The molecule has 1 heterocycles. The van der Waals surface area contributed by atoms with E-state index >= 15 is 0 Å². The van der Waals surface area contributed by atoms with E-state index in [1.165, 1.54) is 5.56 Å². The van der Waals surface area contributed by atoms with Gasteiger partial charge in [-0.15, -0.1) is 0 Å². The highest BCUT2D eigenvalue weighted by Gasteiger charge is 2.25. The SMILES string of the molecule is CC(C)c1ccc(B2OCCO2)cc1. The minimum atomic E-state index is -0.142. The van der Waals surface area contributed by atoms with Gasteiger partial charge in [-0.3, -0.25) is 0 Å². The lowest BCUT2D eigenvalue weighted by atomic mass is 9.79. The Morgan fingerprint density at radius 1 is 1.07 bits per heavy atom. The largest absolute Gasteiger partial charge is 0.494 e. The summed E-state index contributed by atoms with van der Waals surface area (Å²) in [6.07, 6.45) is 0. The van der Waals surface area contributed by atoms with Gasteiger partial charge in [-0.2, -0.15) is 0 Å². The summed E-state index contributed by atoms with van der Waals surface area (Å²) in [6, 6.07) is 8.46. The van der Waals surface area contributed by atoms with E-state index in [2.05, 4.69) is 38.1 Å². The lowest BCUT2D eigenvalue weighted by Gasteiger charge is -2.07. The first-order valence-corrected chi connectivity index (χ1v) is 5.10. The molecule has 2 rings (SSSR count). The van der Waals surface area contributed by atoms with Crippen molar-refractivity contribution in [3.05, 3.63) is 29.8 Å². The fourth-order valence-corrected chi connectivity index (χ4v) is 1.59. The second-order valence-corrected chi connectivity index (χ2v) is 3.89. The van der Waals surface area contributed by atoms with Crippen LogP contribution < -0.4 is 5.46 Å². The van der Waals surface area contributed by atoms with Crippen LogP contribution in [0.25, 0.3) is 0 Å². The predicted molar refractivity (Wildman–Crippen MR) is 57.8 cm³/mol. The molecule has 1 saturated heterocycles. The van der Waals surface area contributed by atoms with Crippen LogP contribution in [0.5, 0.6) is 0 Å². The Hall–Kier alpha value is -0.795. The highest BCUT2D eigenvalue weighted by Crippen LogP contribution is 2.12. The maximum Gasteiger partial charge on any atom is 0.494 e. The van der Waals surface area contributed by atoms with E-state index in [4.69, 9.17) is 9.31 Å². The summed E-state index contributed by atoms with van der Waals surface area (Å²) >= 11 is 0. The molecule has 3 heteroatoms. The van der Waals surface area contributed by atoms with E-state index in [1.807, 2.05) is 0 Å². The minimum absolute atomic E-state index is 0.142. The first-order chi connectivity index (χ1) is 6.77. The molecule has 0 spiro atoms. The summed E-state index contributed by atoms with van der Waals surface area (Å²) in [5.74, 6) is 0.578. The van der Waals surface area contributed by atoms with Gasteiger partial charge < -0.3 is 9.31 Å². The van der Waals surface area contributed by atoms with E-state index in [1.54, 1.807) is 0 Å². The van der Waals surface area contributed by atoms with Gasteiger partial charge in [0.05, 0.1) is 13.2 Å². The second-order valence-electron chi connectivity index (χ2n) is 3.89. The van der Waals surface area contributed by atoms with Crippen molar-refractivity contribution < 1.29 is 9.31 Å². The van der Waals surface area contributed by atoms with Crippen molar-refractivity contribution >= 4 is 12.6 Å². The van der Waals surface area contributed by atoms with E-state index in [9.17, 15) is 0 Å². The average Bonchev–Trinajstić information content (AvgIpc) is 2.71. The fraction of sp³-hybridized carbons (Fsp3) is 0.455. The maximum absolute atomic E-state index is 5.42. The molecule has 0 N–H and O–H groups in total. The monoisotopic (exact) mass is 190 g/mol. The summed E-state index contributed by atoms with van der Waals surface area (Å²) < 4.78 is 10.8. The molecule has 1 aromatic rings. The number of hydrogen-bond acceptors (Lipinski definition) is 2. The normalized spacial score (nSPS) is 16.6. The van der Waals surface area contributed by atoms with Gasteiger partial charge in [-0.05, 0) is 16.9 Å². The van der Waals surface area contributed by atoms with Crippen molar-refractivity contribution in [3.8, 4) is 0 Å². The molecule has 1 aromatic carbocycles. The van der Waals surface area contributed by atoms with Crippen LogP contribution >= 0.6 is 0 Å². The highest BCUT2D eigenvalue weighted by atomic mass is 16.6. The molecule has 1 fully saturated rings. The number of rotatable bonds is 2. The Labute approximate surface area is 85.4 Å². The smallest absolute Gasteiger partial charge is 0.405 e. The van der Waals surface area contributed by atoms with Gasteiger partial charge in [0.25, 0.3) is 0 Å². The van der Waals surface area contributed by atoms with Gasteiger partial charge in [0.15, 0.2) is 0 Å². The Kier molecular flexibility index (Phi) is 2.89. The lowest BCUT2D eigenvalue weighted by molar-refractivity contribution is 0.365. The van der Waals surface area contributed by atoms with Crippen LogP contribution in [-0.2, 0) is 9.31 Å². The van der Waals surface area contributed by atoms with Crippen molar-refractivity contribution in [2.24, 2.45) is 0 Å². The topological polar surface area (TPSA) is 18.5 Å². The van der Waals surface area contributed by atoms with E-state index in [0.717, 1.165) is 5.46 Å². The number of hydrogen-bond donors (Lipinski definition) is 0. The zero-order chi connectivity index (χ0) is 9.97. The van der Waals surface area contributed by atoms with E-state index in [0.29, 0.717) is 19.1 Å². The van der Waals surface area contributed by atoms with Gasteiger partial charge in [0, 0.05) is 0 Å². The van der Waals surface area contributed by atoms with Crippen LogP contribution in [0.3, 0.4) is 0 Å². The van der Waals surface area contributed by atoms with Crippen molar-refractivity contribution in [3.63, 3.8) is 0 Å². The van der Waals surface area contributed by atoms with Gasteiger partial charge in [-0.1, -0.05) is 38.1 Å². The Bertz CT molecular complexity index is 289. The molecular weight excluding hydrogens is 175 g/mol. The minimum Gasteiger partial charge on any atom is -0.405 e. The molecule has 74 valence electrons. The third kappa shape index (κ3) is 1.99. The summed E-state index contributed by atoms with van der Waals surface area (Å²) in [5.41, 5.74) is 2.47. The summed E-state index contributed by atoms with van der Waals surface area (Å²) in [4.78, 5) is 0. The second kappa shape index (κ2) is 4.15. The van der Waals surface area contributed by atoms with Crippen LogP contribution in [0, 0.1) is 0 Å². The van der Waals surface area contributed by atoms with Crippen molar-refractivity contribution in [2.45, 2.75) is 19.8 Å². The summed E-state index contributed by atoms with van der Waals surface area (Å²) in [6.45, 7) is 5.79. The maximum atomic E-state index is 5.42. The molecule has 0 saturated carbocycles. The first-order valence-electron chi connectivity index (χ1n) is 5.10.